The Morgan fingerprint density at radius 1 is 0.985 bits per heavy atom. The molecule has 67 heavy (non-hydrogen) atoms. The van der Waals surface area contributed by atoms with Crippen molar-refractivity contribution in [2.75, 3.05) is 26.4 Å². The van der Waals surface area contributed by atoms with Crippen LogP contribution in [0.3, 0.4) is 0 Å². The van der Waals surface area contributed by atoms with Crippen molar-refractivity contribution in [3.05, 3.63) is 99.1 Å². The third kappa shape index (κ3) is 11.8. The van der Waals surface area contributed by atoms with Gasteiger partial charge in [-0.15, -0.1) is 11.3 Å². The smallest absolute Gasteiger partial charge is 0.251 e. The van der Waals surface area contributed by atoms with Gasteiger partial charge in [0.15, 0.2) is 0 Å². The van der Waals surface area contributed by atoms with E-state index < -0.39 is 46.2 Å². The van der Waals surface area contributed by atoms with E-state index in [0.717, 1.165) is 27.3 Å². The van der Waals surface area contributed by atoms with Crippen LogP contribution in [-0.4, -0.2) is 95.3 Å². The zero-order valence-corrected chi connectivity index (χ0v) is 41.0. The Hall–Kier alpha value is -5.97. The van der Waals surface area contributed by atoms with Gasteiger partial charge >= 0.3 is 0 Å². The normalized spacial score (nSPS) is 19.7. The maximum atomic E-state index is 14.0. The van der Waals surface area contributed by atoms with Crippen LogP contribution in [0.2, 0.25) is 5.02 Å². The van der Waals surface area contributed by atoms with Gasteiger partial charge in [-0.2, -0.15) is 5.26 Å². The number of halogens is 1. The number of β-amino-alcohol motifs (C(OH)–C–C–N with tert-alkyl or cyclic N) is 1. The molecule has 1 saturated heterocycles. The van der Waals surface area contributed by atoms with Gasteiger partial charge in [0.25, 0.3) is 5.91 Å². The van der Waals surface area contributed by atoms with Gasteiger partial charge in [0.05, 0.1) is 32.8 Å². The van der Waals surface area contributed by atoms with Gasteiger partial charge in [0, 0.05) is 48.0 Å². The third-order valence-electron chi connectivity index (χ3n) is 12.5. The number of benzene rings is 3. The molecule has 1 aliphatic heterocycles. The van der Waals surface area contributed by atoms with Crippen LogP contribution in [0.1, 0.15) is 87.6 Å². The van der Waals surface area contributed by atoms with Gasteiger partial charge in [0.2, 0.25) is 17.7 Å². The SMILES string of the molecule is Cc1cc(-c2scnc2C)ccc1CNC(=O)[C@@H]1C[C@@H](O)CN1C(=O)[C@@H](NC(=O)COCC#CCOc1ccc(C(=O)N[C@H]2C(C)(C)[C@H](Oc3ccc(C#N)c(Cl)c3)C2(C)C)cc1)C(C)(C)C. The lowest BCUT2D eigenvalue weighted by Gasteiger charge is -2.63. The summed E-state index contributed by atoms with van der Waals surface area (Å²) in [5.41, 5.74) is 5.04. The number of hydrogen-bond acceptors (Lipinski definition) is 11. The molecule has 4 N–H and O–H groups in total. The molecule has 0 spiro atoms. The summed E-state index contributed by atoms with van der Waals surface area (Å²) in [4.78, 5) is 60.7. The first-order chi connectivity index (χ1) is 31.6. The van der Waals surface area contributed by atoms with E-state index in [9.17, 15) is 29.5 Å². The van der Waals surface area contributed by atoms with Crippen LogP contribution in [0.25, 0.3) is 10.4 Å². The zero-order chi connectivity index (χ0) is 48.8. The first-order valence-corrected chi connectivity index (χ1v) is 23.4. The number of aliphatic hydroxyl groups excluding tert-OH is 1. The maximum absolute atomic E-state index is 14.0. The molecule has 1 saturated carbocycles. The molecule has 16 heteroatoms. The number of amides is 4. The maximum Gasteiger partial charge on any atom is 0.251 e. The second-order valence-electron chi connectivity index (χ2n) is 19.3. The Morgan fingerprint density at radius 3 is 2.30 bits per heavy atom. The molecule has 1 aromatic heterocycles. The molecule has 3 aromatic carbocycles. The van der Waals surface area contributed by atoms with E-state index in [4.69, 9.17) is 25.8 Å². The highest BCUT2D eigenvalue weighted by atomic mass is 35.5. The highest BCUT2D eigenvalue weighted by Crippen LogP contribution is 2.55. The van der Waals surface area contributed by atoms with E-state index >= 15 is 0 Å². The summed E-state index contributed by atoms with van der Waals surface area (Å²) < 4.78 is 17.5. The van der Waals surface area contributed by atoms with Crippen LogP contribution in [0.5, 0.6) is 11.5 Å². The summed E-state index contributed by atoms with van der Waals surface area (Å²) in [5, 5.41) is 29.0. The predicted octanol–water partition coefficient (Wildman–Crippen LogP) is 6.77. The van der Waals surface area contributed by atoms with Crippen LogP contribution in [0.4, 0.5) is 0 Å². The number of ether oxygens (including phenoxy) is 3. The first-order valence-electron chi connectivity index (χ1n) is 22.1. The number of aryl methyl sites for hydroxylation is 2. The summed E-state index contributed by atoms with van der Waals surface area (Å²) in [6, 6.07) is 17.7. The molecule has 0 bridgehead atoms. The first kappa shape index (κ1) is 50.4. The zero-order valence-electron chi connectivity index (χ0n) is 39.4. The molecule has 4 amide bonds. The molecule has 354 valence electrons. The van der Waals surface area contributed by atoms with Crippen LogP contribution in [0, 0.1) is 53.3 Å². The van der Waals surface area contributed by atoms with E-state index in [1.807, 2.05) is 86.0 Å². The number of thiazole rings is 1. The molecule has 14 nitrogen and oxygen atoms in total. The van der Waals surface area contributed by atoms with Crippen molar-refractivity contribution < 1.29 is 38.5 Å². The second-order valence-corrected chi connectivity index (χ2v) is 20.6. The van der Waals surface area contributed by atoms with Gasteiger partial charge in [0.1, 0.15) is 55.6 Å². The summed E-state index contributed by atoms with van der Waals surface area (Å²) >= 11 is 7.80. The minimum atomic E-state index is -1.00. The van der Waals surface area contributed by atoms with Crippen LogP contribution >= 0.6 is 22.9 Å². The topological polar surface area (TPSA) is 192 Å². The lowest BCUT2D eigenvalue weighted by Crippen LogP contribution is -2.74. The van der Waals surface area contributed by atoms with Crippen molar-refractivity contribution in [2.45, 2.75) is 106 Å². The molecule has 2 heterocycles. The number of nitrogens with zero attached hydrogens (tertiary/aromatic N) is 3. The second kappa shape index (κ2) is 20.9. The van der Waals surface area contributed by atoms with Crippen LogP contribution in [0.15, 0.2) is 66.2 Å². The fourth-order valence-electron chi connectivity index (χ4n) is 9.17. The van der Waals surface area contributed by atoms with Crippen molar-refractivity contribution in [1.29, 1.82) is 5.26 Å². The third-order valence-corrected chi connectivity index (χ3v) is 13.8. The van der Waals surface area contributed by atoms with E-state index in [1.54, 1.807) is 53.8 Å². The average Bonchev–Trinajstić information content (AvgIpc) is 3.90. The predicted molar refractivity (Wildman–Crippen MR) is 256 cm³/mol. The summed E-state index contributed by atoms with van der Waals surface area (Å²) in [6.07, 6.45) is -1.05. The van der Waals surface area contributed by atoms with Crippen molar-refractivity contribution >= 4 is 46.6 Å². The highest BCUT2D eigenvalue weighted by molar-refractivity contribution is 7.13. The van der Waals surface area contributed by atoms with Crippen molar-refractivity contribution in [2.24, 2.45) is 16.2 Å². The lowest BCUT2D eigenvalue weighted by atomic mass is 9.49. The molecule has 2 aliphatic rings. The fraction of sp³-hybridized carbons (Fsp3) is 0.451. The number of aromatic nitrogens is 1. The average molecular weight is 952 g/mol. The Kier molecular flexibility index (Phi) is 15.7. The Morgan fingerprint density at radius 2 is 1.67 bits per heavy atom. The number of carbonyl (C=O) groups is 4. The standard InChI is InChI=1S/C51H59ClN6O8S/c1-30-22-33(42-31(2)55-29-67-42)12-13-35(30)26-54-45(62)40-23-36(59)27-58(40)46(63)43(49(3,4)5)56-41(60)28-64-20-10-11-21-65-37-17-14-32(15-18-37)44(61)57-47-50(6,7)48(51(47,8)9)66-38-19-16-34(25-53)39(52)24-38/h12-19,22,24,29,36,40,43,47-48,59H,20-21,23,26-28H2,1-9H3,(H,54,62)(H,56,60)(H,57,61)/t36-,40+,43-,47-,48-/m1/s1. The molecular weight excluding hydrogens is 892 g/mol. The highest BCUT2D eigenvalue weighted by Gasteiger charge is 2.64. The molecule has 0 unspecified atom stereocenters. The Bertz CT molecular complexity index is 2570. The van der Waals surface area contributed by atoms with Crippen molar-refractivity contribution in [3.8, 4) is 39.8 Å². The monoisotopic (exact) mass is 950 g/mol. The number of carbonyl (C=O) groups excluding carboxylic acids is 4. The van der Waals surface area contributed by atoms with Gasteiger partial charge in [-0.05, 0) is 72.4 Å². The molecule has 6 rings (SSSR count). The minimum Gasteiger partial charge on any atom is -0.489 e. The molecule has 3 atom stereocenters. The number of nitriles is 1. The number of nitrogens with one attached hydrogen (secondary N) is 3. The van der Waals surface area contributed by atoms with Gasteiger partial charge in [-0.25, -0.2) is 4.98 Å². The number of hydrogen-bond donors (Lipinski definition) is 4. The van der Waals surface area contributed by atoms with Gasteiger partial charge < -0.3 is 40.2 Å². The summed E-state index contributed by atoms with van der Waals surface area (Å²) in [5.74, 6) is 5.10. The van der Waals surface area contributed by atoms with Crippen molar-refractivity contribution in [3.63, 3.8) is 0 Å². The summed E-state index contributed by atoms with van der Waals surface area (Å²) in [7, 11) is 0. The van der Waals surface area contributed by atoms with Crippen molar-refractivity contribution in [1.82, 2.24) is 25.8 Å². The van der Waals surface area contributed by atoms with Gasteiger partial charge in [-0.1, -0.05) is 90.1 Å². The van der Waals surface area contributed by atoms with E-state index in [2.05, 4.69) is 38.8 Å². The Labute approximate surface area is 401 Å². The fourth-order valence-corrected chi connectivity index (χ4v) is 10.2. The van der Waals surface area contributed by atoms with E-state index in [1.165, 1.54) is 4.90 Å². The van der Waals surface area contributed by atoms with Crippen LogP contribution < -0.4 is 25.4 Å². The van der Waals surface area contributed by atoms with E-state index in [0.29, 0.717) is 27.6 Å². The Balaban J connectivity index is 0.929. The molecule has 0 radical (unpaired) electrons. The van der Waals surface area contributed by atoms with Gasteiger partial charge in [-0.3, -0.25) is 19.2 Å². The summed E-state index contributed by atoms with van der Waals surface area (Å²) in [6.45, 7) is 17.4. The number of rotatable bonds is 15. The van der Waals surface area contributed by atoms with E-state index in [-0.39, 0.29) is 63.3 Å². The quantitative estimate of drug-likeness (QED) is 0.0731. The molecule has 2 fully saturated rings. The number of likely N-dealkylation sites (tertiary alicyclic amines) is 1. The van der Waals surface area contributed by atoms with Crippen LogP contribution in [-0.2, 0) is 25.7 Å². The molecular formula is C51H59ClN6O8S. The molecule has 1 aliphatic carbocycles. The lowest BCUT2D eigenvalue weighted by molar-refractivity contribution is -0.164. The molecule has 4 aromatic rings. The largest absolute Gasteiger partial charge is 0.489 e. The number of aliphatic hydroxyl groups is 1. The minimum absolute atomic E-state index is 0.0353.